The highest BCUT2D eigenvalue weighted by molar-refractivity contribution is 5.75. The van der Waals surface area contributed by atoms with Crippen LogP contribution in [-0.2, 0) is 19.1 Å². The molecule has 0 aromatic heterocycles. The van der Waals surface area contributed by atoms with E-state index in [0.717, 1.165) is 25.7 Å². The highest BCUT2D eigenvalue weighted by Crippen LogP contribution is 2.30. The summed E-state index contributed by atoms with van der Waals surface area (Å²) in [4.78, 5) is 35.3. The average Bonchev–Trinajstić information content (AvgIpc) is 2.60. The quantitative estimate of drug-likeness (QED) is 0.222. The number of carbonyl (C=O) groups excluding carboxylic acids is 1. The molecule has 28 heavy (non-hydrogen) atoms. The summed E-state index contributed by atoms with van der Waals surface area (Å²) in [5.74, 6) is -2.93. The van der Waals surface area contributed by atoms with E-state index in [0.29, 0.717) is 19.4 Å². The predicted molar refractivity (Wildman–Crippen MR) is 98.6 cm³/mol. The summed E-state index contributed by atoms with van der Waals surface area (Å²) in [6, 6.07) is 0. The van der Waals surface area contributed by atoms with Gasteiger partial charge in [0.1, 0.15) is 6.54 Å². The molecule has 6 N–H and O–H groups in total. The Labute approximate surface area is 164 Å². The molecule has 1 atom stereocenters. The zero-order chi connectivity index (χ0) is 20.8. The molecule has 1 aliphatic rings. The molecular weight excluding hydrogens is 372 g/mol. The smallest absolute Gasteiger partial charge is 0.319 e. The van der Waals surface area contributed by atoms with E-state index in [-0.39, 0.29) is 26.1 Å². The fourth-order valence-corrected chi connectivity index (χ4v) is 3.25. The van der Waals surface area contributed by atoms with Crippen molar-refractivity contribution in [2.45, 2.75) is 63.3 Å². The number of hydrogen-bond donors (Lipinski definition) is 6. The van der Waals surface area contributed by atoms with Crippen LogP contribution in [0.4, 0.5) is 0 Å². The monoisotopic (exact) mass is 404 g/mol. The second-order valence-corrected chi connectivity index (χ2v) is 6.93. The fourth-order valence-electron chi connectivity index (χ4n) is 3.25. The van der Waals surface area contributed by atoms with E-state index in [1.807, 2.05) is 0 Å². The molecule has 1 saturated heterocycles. The number of nitrogens with zero attached hydrogens (tertiary/aromatic N) is 1. The minimum Gasteiger partial charge on any atom is -0.481 e. The normalized spacial score (nSPS) is 22.6. The Kier molecular flexibility index (Phi) is 11.6. The van der Waals surface area contributed by atoms with Crippen LogP contribution in [-0.4, -0.2) is 70.1 Å². The number of carboxylic acids is 2. The number of hydrazine groups is 3. The van der Waals surface area contributed by atoms with Crippen molar-refractivity contribution in [2.24, 2.45) is 0 Å². The number of hydrogen-bond acceptors (Lipinski definition) is 9. The summed E-state index contributed by atoms with van der Waals surface area (Å²) in [6.45, 7) is 0.0371. The Morgan fingerprint density at radius 3 is 2.39 bits per heavy atom. The van der Waals surface area contributed by atoms with E-state index in [1.54, 1.807) is 0 Å². The third kappa shape index (κ3) is 9.42. The topological polar surface area (TPSA) is 160 Å². The van der Waals surface area contributed by atoms with Crippen molar-refractivity contribution in [2.75, 3.05) is 26.3 Å². The Bertz CT molecular complexity index is 506. The van der Waals surface area contributed by atoms with Gasteiger partial charge in [0.05, 0.1) is 25.0 Å². The molecule has 0 aliphatic carbocycles. The summed E-state index contributed by atoms with van der Waals surface area (Å²) >= 11 is 0. The van der Waals surface area contributed by atoms with Gasteiger partial charge in [0.2, 0.25) is 0 Å². The van der Waals surface area contributed by atoms with E-state index in [2.05, 4.69) is 16.5 Å². The standard InChI is InChI=1S/C17H32N4O7/c22-9-6-10-28-16(27)12-17(11-14(23)24)7-4-2-1-3-5-8-18-19-20-21(17)13-15(25)26/h18-20,22H,1-13H2,(H,23,24)(H,25,26). The molecule has 1 heterocycles. The van der Waals surface area contributed by atoms with Crippen molar-refractivity contribution in [3.63, 3.8) is 0 Å². The third-order valence-corrected chi connectivity index (χ3v) is 4.61. The van der Waals surface area contributed by atoms with Crippen LogP contribution in [0.15, 0.2) is 0 Å². The van der Waals surface area contributed by atoms with E-state index in [9.17, 15) is 24.6 Å². The molecule has 1 fully saturated rings. The lowest BCUT2D eigenvalue weighted by molar-refractivity contribution is -0.157. The van der Waals surface area contributed by atoms with E-state index in [4.69, 9.17) is 9.84 Å². The maximum Gasteiger partial charge on any atom is 0.319 e. The molecule has 1 aliphatic heterocycles. The number of aliphatic hydroxyl groups excluding tert-OH is 1. The van der Waals surface area contributed by atoms with Gasteiger partial charge in [0.15, 0.2) is 0 Å². The van der Waals surface area contributed by atoms with Crippen LogP contribution in [0.25, 0.3) is 0 Å². The summed E-state index contributed by atoms with van der Waals surface area (Å²) in [6.07, 6.45) is 4.33. The number of aliphatic carboxylic acids is 2. The van der Waals surface area contributed by atoms with Gasteiger partial charge in [-0.3, -0.25) is 14.4 Å². The Balaban J connectivity index is 3.08. The van der Waals surface area contributed by atoms with Crippen LogP contribution in [0, 0.1) is 0 Å². The number of nitrogens with one attached hydrogen (secondary N) is 3. The molecule has 0 aromatic carbocycles. The van der Waals surface area contributed by atoms with Gasteiger partial charge in [-0.15, -0.1) is 0 Å². The van der Waals surface area contributed by atoms with Crippen molar-refractivity contribution < 1.29 is 34.4 Å². The molecular formula is C17H32N4O7. The summed E-state index contributed by atoms with van der Waals surface area (Å²) in [7, 11) is 0. The first-order valence-corrected chi connectivity index (χ1v) is 9.61. The van der Waals surface area contributed by atoms with Crippen LogP contribution in [0.5, 0.6) is 0 Å². The number of ether oxygens (including phenoxy) is 1. The lowest BCUT2D eigenvalue weighted by Gasteiger charge is -2.42. The average molecular weight is 404 g/mol. The molecule has 0 spiro atoms. The van der Waals surface area contributed by atoms with Crippen molar-refractivity contribution in [3.05, 3.63) is 0 Å². The van der Waals surface area contributed by atoms with Gasteiger partial charge in [-0.05, 0) is 12.8 Å². The van der Waals surface area contributed by atoms with Crippen LogP contribution in [0.3, 0.4) is 0 Å². The molecule has 0 bridgehead atoms. The van der Waals surface area contributed by atoms with Crippen molar-refractivity contribution in [1.29, 1.82) is 0 Å². The van der Waals surface area contributed by atoms with Crippen LogP contribution in [0.2, 0.25) is 0 Å². The zero-order valence-electron chi connectivity index (χ0n) is 16.1. The van der Waals surface area contributed by atoms with E-state index >= 15 is 0 Å². The van der Waals surface area contributed by atoms with E-state index in [1.165, 1.54) is 5.01 Å². The zero-order valence-corrected chi connectivity index (χ0v) is 16.1. The fraction of sp³-hybridized carbons (Fsp3) is 0.824. The van der Waals surface area contributed by atoms with Gasteiger partial charge in [0, 0.05) is 19.6 Å². The molecule has 162 valence electrons. The Morgan fingerprint density at radius 2 is 1.71 bits per heavy atom. The Hall–Kier alpha value is -1.79. The first-order valence-electron chi connectivity index (χ1n) is 9.61. The van der Waals surface area contributed by atoms with Gasteiger partial charge in [0.25, 0.3) is 0 Å². The predicted octanol–water partition coefficient (Wildman–Crippen LogP) is -0.230. The lowest BCUT2D eigenvalue weighted by atomic mass is 9.84. The van der Waals surface area contributed by atoms with Gasteiger partial charge in [-0.1, -0.05) is 25.7 Å². The maximum absolute atomic E-state index is 12.3. The minimum atomic E-state index is -1.28. The van der Waals surface area contributed by atoms with Crippen LogP contribution < -0.4 is 16.5 Å². The van der Waals surface area contributed by atoms with Crippen molar-refractivity contribution in [1.82, 2.24) is 21.5 Å². The number of carbonyl (C=O) groups is 3. The highest BCUT2D eigenvalue weighted by Gasteiger charge is 2.42. The molecule has 1 rings (SSSR count). The molecule has 0 radical (unpaired) electrons. The summed E-state index contributed by atoms with van der Waals surface area (Å²) in [5.41, 5.74) is 7.04. The van der Waals surface area contributed by atoms with Crippen LogP contribution in [0.1, 0.15) is 57.8 Å². The number of rotatable bonds is 9. The van der Waals surface area contributed by atoms with Crippen LogP contribution >= 0.6 is 0 Å². The lowest BCUT2D eigenvalue weighted by Crippen LogP contribution is -2.64. The number of esters is 1. The van der Waals surface area contributed by atoms with Gasteiger partial charge in [-0.2, -0.15) is 11.1 Å². The number of carboxylic acid groups (broad SMARTS) is 2. The summed E-state index contributed by atoms with van der Waals surface area (Å²) < 4.78 is 5.09. The van der Waals surface area contributed by atoms with Gasteiger partial charge in [-0.25, -0.2) is 10.4 Å². The highest BCUT2D eigenvalue weighted by atomic mass is 16.5. The van der Waals surface area contributed by atoms with E-state index < -0.39 is 36.4 Å². The van der Waals surface area contributed by atoms with Crippen molar-refractivity contribution >= 4 is 17.9 Å². The molecule has 11 nitrogen and oxygen atoms in total. The molecule has 1 unspecified atom stereocenters. The first-order chi connectivity index (χ1) is 13.4. The molecule has 0 saturated carbocycles. The second-order valence-electron chi connectivity index (χ2n) is 6.93. The van der Waals surface area contributed by atoms with Gasteiger partial charge >= 0.3 is 17.9 Å². The SMILES string of the molecule is O=C(O)CN1NNNCCCCCCCC1(CC(=O)O)CC(=O)OCCCO. The maximum atomic E-state index is 12.3. The molecule has 0 amide bonds. The van der Waals surface area contributed by atoms with Crippen molar-refractivity contribution in [3.8, 4) is 0 Å². The first kappa shape index (κ1) is 24.2. The second kappa shape index (κ2) is 13.4. The minimum absolute atomic E-state index is 0.0185. The molecule has 11 heteroatoms. The summed E-state index contributed by atoms with van der Waals surface area (Å²) in [5, 5.41) is 28.9. The largest absolute Gasteiger partial charge is 0.481 e. The Morgan fingerprint density at radius 1 is 1.00 bits per heavy atom. The third-order valence-electron chi connectivity index (χ3n) is 4.61. The number of aliphatic hydroxyl groups is 1. The molecule has 0 aromatic rings. The van der Waals surface area contributed by atoms with Gasteiger partial charge < -0.3 is 20.1 Å².